The van der Waals surface area contributed by atoms with Crippen molar-refractivity contribution in [2.24, 2.45) is 0 Å². The minimum Gasteiger partial charge on any atom is -0.493 e. The molecule has 1 N–H and O–H groups in total. The molecule has 0 saturated heterocycles. The highest BCUT2D eigenvalue weighted by molar-refractivity contribution is 5.98. The molecule has 1 heterocycles. The van der Waals surface area contributed by atoms with Crippen LogP contribution >= 0.6 is 0 Å². The van der Waals surface area contributed by atoms with Crippen LogP contribution in [-0.4, -0.2) is 12.5 Å². The second-order valence-corrected chi connectivity index (χ2v) is 7.14. The molecule has 0 aliphatic carbocycles. The summed E-state index contributed by atoms with van der Waals surface area (Å²) in [6.45, 7) is 11.0. The van der Waals surface area contributed by atoms with Gasteiger partial charge in [-0.1, -0.05) is 29.8 Å². The lowest BCUT2D eigenvalue weighted by atomic mass is 9.98. The number of amides is 1. The molecule has 0 fully saturated rings. The maximum Gasteiger partial charge on any atom is 0.244 e. The van der Waals surface area contributed by atoms with Gasteiger partial charge in [0.15, 0.2) is 0 Å². The first-order chi connectivity index (χ1) is 13.4. The molecule has 0 bridgehead atoms. The molecule has 0 saturated carbocycles. The highest BCUT2D eigenvalue weighted by atomic mass is 16.5. The molecule has 0 atom stereocenters. The topological polar surface area (TPSA) is 51.5 Å². The van der Waals surface area contributed by atoms with Crippen molar-refractivity contribution in [1.82, 2.24) is 5.32 Å². The second kappa shape index (κ2) is 8.34. The molecule has 2 aromatic carbocycles. The average Bonchev–Trinajstić information content (AvgIpc) is 3.04. The fourth-order valence-corrected chi connectivity index (χ4v) is 3.28. The number of fused-ring (bicyclic) bond motifs is 1. The van der Waals surface area contributed by atoms with E-state index in [9.17, 15) is 4.79 Å². The van der Waals surface area contributed by atoms with E-state index in [-0.39, 0.29) is 5.91 Å². The molecule has 3 rings (SSSR count). The summed E-state index contributed by atoms with van der Waals surface area (Å²) >= 11 is 0. The third kappa shape index (κ3) is 4.11. The third-order valence-corrected chi connectivity index (χ3v) is 4.89. The molecule has 146 valence electrons. The van der Waals surface area contributed by atoms with Gasteiger partial charge in [-0.3, -0.25) is 4.79 Å². The highest BCUT2D eigenvalue weighted by Crippen LogP contribution is 2.37. The van der Waals surface area contributed by atoms with Gasteiger partial charge in [-0.05, 0) is 57.4 Å². The lowest BCUT2D eigenvalue weighted by Gasteiger charge is -2.14. The normalized spacial score (nSPS) is 11.7. The predicted molar refractivity (Wildman–Crippen MR) is 114 cm³/mol. The van der Waals surface area contributed by atoms with Crippen molar-refractivity contribution in [3.8, 4) is 5.75 Å². The van der Waals surface area contributed by atoms with E-state index in [2.05, 4.69) is 5.32 Å². The van der Waals surface area contributed by atoms with Crippen LogP contribution < -0.4 is 10.1 Å². The molecule has 1 aromatic heterocycles. The minimum atomic E-state index is -0.123. The standard InChI is InChI=1S/C24H27NO3/c1-6-27-23-18(5)24-21(17(4)14-28-24)12-20(23)16(3)11-22(26)25-13-19-9-7-15(2)8-10-19/h7-12,14H,6,13H2,1-5H3,(H,25,26)/b16-11+. The van der Waals surface area contributed by atoms with Gasteiger partial charge in [0.1, 0.15) is 11.3 Å². The molecule has 0 spiro atoms. The van der Waals surface area contributed by atoms with E-state index in [1.807, 2.05) is 65.0 Å². The first-order valence-electron chi connectivity index (χ1n) is 9.57. The van der Waals surface area contributed by atoms with Crippen LogP contribution in [0.1, 0.15) is 41.7 Å². The summed E-state index contributed by atoms with van der Waals surface area (Å²) in [5.74, 6) is 0.645. The third-order valence-electron chi connectivity index (χ3n) is 4.89. The van der Waals surface area contributed by atoms with Gasteiger partial charge < -0.3 is 14.5 Å². The smallest absolute Gasteiger partial charge is 0.244 e. The first-order valence-corrected chi connectivity index (χ1v) is 9.57. The largest absolute Gasteiger partial charge is 0.493 e. The number of allylic oxidation sites excluding steroid dienone is 1. The van der Waals surface area contributed by atoms with Crippen LogP contribution in [0.3, 0.4) is 0 Å². The van der Waals surface area contributed by atoms with E-state index >= 15 is 0 Å². The number of carbonyl (C=O) groups excluding carboxylic acids is 1. The van der Waals surface area contributed by atoms with E-state index in [1.54, 1.807) is 12.3 Å². The van der Waals surface area contributed by atoms with Gasteiger partial charge in [-0.15, -0.1) is 0 Å². The summed E-state index contributed by atoms with van der Waals surface area (Å²) < 4.78 is 11.6. The molecule has 0 radical (unpaired) electrons. The minimum absolute atomic E-state index is 0.123. The quantitative estimate of drug-likeness (QED) is 0.579. The molecule has 4 nitrogen and oxygen atoms in total. The van der Waals surface area contributed by atoms with Crippen molar-refractivity contribution >= 4 is 22.4 Å². The van der Waals surface area contributed by atoms with Gasteiger partial charge in [0.25, 0.3) is 0 Å². The summed E-state index contributed by atoms with van der Waals surface area (Å²) in [7, 11) is 0. The number of rotatable bonds is 6. The van der Waals surface area contributed by atoms with Crippen LogP contribution in [0.2, 0.25) is 0 Å². The van der Waals surface area contributed by atoms with Crippen molar-refractivity contribution in [2.75, 3.05) is 6.61 Å². The van der Waals surface area contributed by atoms with Crippen molar-refractivity contribution in [3.05, 3.63) is 70.5 Å². The maximum absolute atomic E-state index is 12.5. The maximum atomic E-state index is 12.5. The van der Waals surface area contributed by atoms with Crippen LogP contribution in [-0.2, 0) is 11.3 Å². The Labute approximate surface area is 166 Å². The summed E-state index contributed by atoms with van der Waals surface area (Å²) in [4.78, 5) is 12.5. The van der Waals surface area contributed by atoms with Crippen molar-refractivity contribution in [3.63, 3.8) is 0 Å². The molecule has 4 heteroatoms. The highest BCUT2D eigenvalue weighted by Gasteiger charge is 2.17. The Bertz CT molecular complexity index is 1030. The Morgan fingerprint density at radius 2 is 1.89 bits per heavy atom. The van der Waals surface area contributed by atoms with Gasteiger partial charge in [0.05, 0.1) is 12.9 Å². The summed E-state index contributed by atoms with van der Waals surface area (Å²) in [5, 5.41) is 4.00. The summed E-state index contributed by atoms with van der Waals surface area (Å²) in [5.41, 5.74) is 6.91. The lowest BCUT2D eigenvalue weighted by Crippen LogP contribution is -2.20. The zero-order valence-corrected chi connectivity index (χ0v) is 17.2. The molecule has 3 aromatic rings. The Balaban J connectivity index is 1.87. The molecule has 1 amide bonds. The van der Waals surface area contributed by atoms with Crippen molar-refractivity contribution in [2.45, 2.75) is 41.2 Å². The Hall–Kier alpha value is -3.01. The van der Waals surface area contributed by atoms with Gasteiger partial charge in [0.2, 0.25) is 5.91 Å². The number of carbonyl (C=O) groups is 1. The number of ether oxygens (including phenoxy) is 1. The van der Waals surface area contributed by atoms with E-state index < -0.39 is 0 Å². The van der Waals surface area contributed by atoms with Crippen LogP contribution in [0.5, 0.6) is 5.75 Å². The van der Waals surface area contributed by atoms with Crippen molar-refractivity contribution < 1.29 is 13.9 Å². The first kappa shape index (κ1) is 19.7. The Morgan fingerprint density at radius 1 is 1.18 bits per heavy atom. The second-order valence-electron chi connectivity index (χ2n) is 7.14. The zero-order valence-electron chi connectivity index (χ0n) is 17.2. The number of hydrogen-bond acceptors (Lipinski definition) is 3. The SMILES string of the molecule is CCOc1c(/C(C)=C/C(=O)NCc2ccc(C)cc2)cc2c(C)coc2c1C. The Kier molecular flexibility index (Phi) is 5.88. The molecular weight excluding hydrogens is 350 g/mol. The van der Waals surface area contributed by atoms with E-state index in [0.29, 0.717) is 13.2 Å². The molecule has 28 heavy (non-hydrogen) atoms. The van der Waals surface area contributed by atoms with E-state index in [4.69, 9.17) is 9.15 Å². The molecule has 0 unspecified atom stereocenters. The molecule has 0 aliphatic rings. The number of aryl methyl sites for hydroxylation is 3. The molecule has 0 aliphatic heterocycles. The number of nitrogens with one attached hydrogen (secondary N) is 1. The molecular formula is C24H27NO3. The van der Waals surface area contributed by atoms with Crippen LogP contribution in [0, 0.1) is 20.8 Å². The Morgan fingerprint density at radius 3 is 2.57 bits per heavy atom. The van der Waals surface area contributed by atoms with Crippen LogP contribution in [0.25, 0.3) is 16.5 Å². The summed E-state index contributed by atoms with van der Waals surface area (Å²) in [6.07, 6.45) is 3.39. The van der Waals surface area contributed by atoms with Crippen molar-refractivity contribution in [1.29, 1.82) is 0 Å². The van der Waals surface area contributed by atoms with Gasteiger partial charge in [-0.2, -0.15) is 0 Å². The number of benzene rings is 2. The van der Waals surface area contributed by atoms with Gasteiger partial charge >= 0.3 is 0 Å². The number of furan rings is 1. The van der Waals surface area contributed by atoms with E-state index in [1.165, 1.54) is 5.56 Å². The summed E-state index contributed by atoms with van der Waals surface area (Å²) in [6, 6.07) is 10.2. The van der Waals surface area contributed by atoms with E-state index in [0.717, 1.165) is 44.5 Å². The average molecular weight is 377 g/mol. The van der Waals surface area contributed by atoms with Gasteiger partial charge in [-0.25, -0.2) is 0 Å². The monoisotopic (exact) mass is 377 g/mol. The predicted octanol–water partition coefficient (Wildman–Crippen LogP) is 5.48. The fourth-order valence-electron chi connectivity index (χ4n) is 3.28. The number of hydrogen-bond donors (Lipinski definition) is 1. The lowest BCUT2D eigenvalue weighted by molar-refractivity contribution is -0.116. The fraction of sp³-hybridized carbons (Fsp3) is 0.292. The van der Waals surface area contributed by atoms with Gasteiger partial charge in [0, 0.05) is 29.1 Å². The van der Waals surface area contributed by atoms with Crippen LogP contribution in [0.4, 0.5) is 0 Å². The van der Waals surface area contributed by atoms with Crippen LogP contribution in [0.15, 0.2) is 47.1 Å². The zero-order chi connectivity index (χ0) is 20.3.